The van der Waals surface area contributed by atoms with Crippen molar-refractivity contribution in [1.29, 1.82) is 5.26 Å². The Morgan fingerprint density at radius 1 is 1.21 bits per heavy atom. The first-order valence-corrected chi connectivity index (χ1v) is 8.19. The lowest BCUT2D eigenvalue weighted by Gasteiger charge is -2.32. The molecule has 124 valence electrons. The number of hydrogen-bond donors (Lipinski definition) is 0. The zero-order chi connectivity index (χ0) is 17.3. The first kappa shape index (κ1) is 16.2. The molecule has 6 heteroatoms. The fourth-order valence-electron chi connectivity index (χ4n) is 3.70. The molecule has 2 aliphatic rings. The number of benzene rings is 1. The molecule has 2 fully saturated rings. The van der Waals surface area contributed by atoms with Crippen molar-refractivity contribution in [1.82, 2.24) is 4.90 Å². The van der Waals surface area contributed by atoms with E-state index in [0.29, 0.717) is 11.3 Å². The van der Waals surface area contributed by atoms with Crippen LogP contribution in [0.15, 0.2) is 24.3 Å². The number of anilines is 1. The van der Waals surface area contributed by atoms with Crippen LogP contribution in [0.25, 0.3) is 0 Å². The first-order valence-electron chi connectivity index (χ1n) is 8.19. The van der Waals surface area contributed by atoms with Gasteiger partial charge < -0.3 is 4.90 Å². The summed E-state index contributed by atoms with van der Waals surface area (Å²) in [6, 6.07) is 7.66. The summed E-state index contributed by atoms with van der Waals surface area (Å²) in [6.45, 7) is 1.46. The van der Waals surface area contributed by atoms with Gasteiger partial charge in [-0.05, 0) is 37.1 Å². The first-order chi connectivity index (χ1) is 11.5. The van der Waals surface area contributed by atoms with Crippen molar-refractivity contribution < 1.29 is 14.4 Å². The molecule has 1 saturated carbocycles. The Labute approximate surface area is 140 Å². The lowest BCUT2D eigenvalue weighted by Crippen LogP contribution is -2.49. The molecule has 1 aliphatic heterocycles. The smallest absolute Gasteiger partial charge is 0.257 e. The van der Waals surface area contributed by atoms with E-state index in [1.807, 2.05) is 6.07 Å². The van der Waals surface area contributed by atoms with Crippen LogP contribution in [-0.2, 0) is 14.4 Å². The minimum atomic E-state index is -0.714. The average molecular weight is 325 g/mol. The number of hydrogen-bond acceptors (Lipinski definition) is 4. The largest absolute Gasteiger partial charge is 0.327 e. The number of carbonyl (C=O) groups excluding carboxylic acids is 3. The Morgan fingerprint density at radius 3 is 2.38 bits per heavy atom. The highest BCUT2D eigenvalue weighted by atomic mass is 16.2. The van der Waals surface area contributed by atoms with Crippen molar-refractivity contribution in [3.63, 3.8) is 0 Å². The van der Waals surface area contributed by atoms with Gasteiger partial charge >= 0.3 is 0 Å². The van der Waals surface area contributed by atoms with E-state index in [1.54, 1.807) is 29.2 Å². The number of nitrogens with zero attached hydrogens (tertiary/aromatic N) is 3. The van der Waals surface area contributed by atoms with Crippen molar-refractivity contribution in [3.05, 3.63) is 29.8 Å². The van der Waals surface area contributed by atoms with E-state index in [9.17, 15) is 14.4 Å². The minimum absolute atomic E-state index is 0.0227. The van der Waals surface area contributed by atoms with Crippen molar-refractivity contribution in [2.75, 3.05) is 4.90 Å². The molecule has 1 aromatic rings. The van der Waals surface area contributed by atoms with Crippen molar-refractivity contribution >= 4 is 23.4 Å². The topological polar surface area (TPSA) is 81.5 Å². The Bertz CT molecular complexity index is 714. The molecular formula is C18H19N3O3. The van der Waals surface area contributed by atoms with Crippen LogP contribution in [0.4, 0.5) is 5.69 Å². The van der Waals surface area contributed by atoms with E-state index in [0.717, 1.165) is 30.6 Å². The minimum Gasteiger partial charge on any atom is -0.327 e. The lowest BCUT2D eigenvalue weighted by atomic mass is 10.1. The van der Waals surface area contributed by atoms with Crippen LogP contribution >= 0.6 is 0 Å². The van der Waals surface area contributed by atoms with Crippen LogP contribution in [0.1, 0.15) is 44.6 Å². The van der Waals surface area contributed by atoms with E-state index in [4.69, 9.17) is 5.26 Å². The molecule has 1 saturated heterocycles. The maximum absolute atomic E-state index is 12.8. The molecule has 1 heterocycles. The third-order valence-corrected chi connectivity index (χ3v) is 4.79. The summed E-state index contributed by atoms with van der Waals surface area (Å²) in [4.78, 5) is 40.1. The molecular weight excluding hydrogens is 306 g/mol. The number of rotatable bonds is 3. The summed E-state index contributed by atoms with van der Waals surface area (Å²) in [7, 11) is 0. The number of nitriles is 1. The summed E-state index contributed by atoms with van der Waals surface area (Å²) >= 11 is 0. The molecule has 0 aromatic heterocycles. The predicted octanol–water partition coefficient (Wildman–Crippen LogP) is 1.98. The van der Waals surface area contributed by atoms with Gasteiger partial charge in [0.1, 0.15) is 6.04 Å². The van der Waals surface area contributed by atoms with Gasteiger partial charge in [0.2, 0.25) is 11.8 Å². The van der Waals surface area contributed by atoms with Crippen LogP contribution in [-0.4, -0.2) is 34.7 Å². The van der Waals surface area contributed by atoms with Crippen molar-refractivity contribution in [2.45, 2.75) is 51.1 Å². The molecule has 0 bridgehead atoms. The molecule has 1 aliphatic carbocycles. The summed E-state index contributed by atoms with van der Waals surface area (Å²) < 4.78 is 0. The Hall–Kier alpha value is -2.68. The SMILES string of the molecule is CC(=O)N(C1CCCC1)C1CC(=O)N(c2ccc(C#N)cc2)C1=O. The van der Waals surface area contributed by atoms with E-state index < -0.39 is 6.04 Å². The highest BCUT2D eigenvalue weighted by Gasteiger charge is 2.45. The molecule has 1 atom stereocenters. The second-order valence-corrected chi connectivity index (χ2v) is 6.31. The van der Waals surface area contributed by atoms with Gasteiger partial charge in [0.15, 0.2) is 0 Å². The van der Waals surface area contributed by atoms with Gasteiger partial charge in [-0.3, -0.25) is 14.4 Å². The van der Waals surface area contributed by atoms with Crippen LogP contribution in [0.2, 0.25) is 0 Å². The van der Waals surface area contributed by atoms with Crippen LogP contribution in [0, 0.1) is 11.3 Å². The third-order valence-electron chi connectivity index (χ3n) is 4.79. The zero-order valence-electron chi connectivity index (χ0n) is 13.6. The van der Waals surface area contributed by atoms with Gasteiger partial charge in [0.25, 0.3) is 5.91 Å². The second kappa shape index (κ2) is 6.44. The lowest BCUT2D eigenvalue weighted by molar-refractivity contribution is -0.139. The molecule has 0 radical (unpaired) electrons. The van der Waals surface area contributed by atoms with E-state index >= 15 is 0 Å². The van der Waals surface area contributed by atoms with E-state index in [-0.39, 0.29) is 30.2 Å². The van der Waals surface area contributed by atoms with E-state index in [1.165, 1.54) is 6.92 Å². The van der Waals surface area contributed by atoms with Crippen LogP contribution in [0.3, 0.4) is 0 Å². The molecule has 3 rings (SSSR count). The summed E-state index contributed by atoms with van der Waals surface area (Å²) in [6.07, 6.45) is 3.88. The van der Waals surface area contributed by atoms with Crippen molar-refractivity contribution in [3.8, 4) is 6.07 Å². The Balaban J connectivity index is 1.87. The van der Waals surface area contributed by atoms with Gasteiger partial charge in [0, 0.05) is 13.0 Å². The van der Waals surface area contributed by atoms with Crippen molar-refractivity contribution in [2.24, 2.45) is 0 Å². The summed E-state index contributed by atoms with van der Waals surface area (Å²) in [5.74, 6) is -0.819. The number of imide groups is 1. The fourth-order valence-corrected chi connectivity index (χ4v) is 3.70. The van der Waals surface area contributed by atoms with Crippen LogP contribution in [0.5, 0.6) is 0 Å². The normalized spacial score (nSPS) is 21.2. The Kier molecular flexibility index (Phi) is 4.34. The summed E-state index contributed by atoms with van der Waals surface area (Å²) in [5, 5.41) is 8.85. The Morgan fingerprint density at radius 2 is 1.83 bits per heavy atom. The second-order valence-electron chi connectivity index (χ2n) is 6.31. The molecule has 1 unspecified atom stereocenters. The molecule has 1 aromatic carbocycles. The molecule has 3 amide bonds. The van der Waals surface area contributed by atoms with Gasteiger partial charge in [-0.25, -0.2) is 4.90 Å². The fraction of sp³-hybridized carbons (Fsp3) is 0.444. The van der Waals surface area contributed by atoms with Gasteiger partial charge in [-0.2, -0.15) is 5.26 Å². The van der Waals surface area contributed by atoms with E-state index in [2.05, 4.69) is 0 Å². The van der Waals surface area contributed by atoms with Gasteiger partial charge in [0.05, 0.1) is 23.7 Å². The molecule has 24 heavy (non-hydrogen) atoms. The van der Waals surface area contributed by atoms with Crippen LogP contribution < -0.4 is 4.90 Å². The molecule has 0 spiro atoms. The quantitative estimate of drug-likeness (QED) is 0.796. The maximum atomic E-state index is 12.8. The molecule has 6 nitrogen and oxygen atoms in total. The summed E-state index contributed by atoms with van der Waals surface area (Å²) in [5.41, 5.74) is 0.909. The maximum Gasteiger partial charge on any atom is 0.257 e. The van der Waals surface area contributed by atoms with Gasteiger partial charge in [-0.15, -0.1) is 0 Å². The number of carbonyl (C=O) groups is 3. The predicted molar refractivity (Wildman–Crippen MR) is 86.8 cm³/mol. The standard InChI is InChI=1S/C18H19N3O3/c1-12(22)20(14-4-2-3-5-14)16-10-17(23)21(18(16)24)15-8-6-13(11-19)7-9-15/h6-9,14,16H,2-5,10H2,1H3. The zero-order valence-corrected chi connectivity index (χ0v) is 13.6. The monoisotopic (exact) mass is 325 g/mol. The number of amides is 3. The highest BCUT2D eigenvalue weighted by Crippen LogP contribution is 2.31. The average Bonchev–Trinajstić information content (AvgIpc) is 3.17. The van der Waals surface area contributed by atoms with Gasteiger partial charge in [-0.1, -0.05) is 12.8 Å². The molecule has 0 N–H and O–H groups in total. The third kappa shape index (κ3) is 2.78. The highest BCUT2D eigenvalue weighted by molar-refractivity contribution is 6.23.